The Kier molecular flexibility index (Phi) is 4.29. The fourth-order valence-electron chi connectivity index (χ4n) is 1.58. The maximum atomic E-state index is 13.6. The molecule has 0 saturated carbocycles. The summed E-state index contributed by atoms with van der Waals surface area (Å²) in [6.07, 6.45) is 1.77. The molecule has 1 rings (SSSR count). The number of hydrogen-bond donors (Lipinski definition) is 0. The summed E-state index contributed by atoms with van der Waals surface area (Å²) in [7, 11) is 0. The Bertz CT molecular complexity index is 319. The third-order valence-corrected chi connectivity index (χ3v) is 3.48. The smallest absolute Gasteiger partial charge is 0.142 e. The number of halogens is 3. The molecular formula is C11H13F2I. The van der Waals surface area contributed by atoms with E-state index in [0.29, 0.717) is 5.56 Å². The molecular weight excluding hydrogens is 297 g/mol. The molecule has 0 heterocycles. The van der Waals surface area contributed by atoms with E-state index in [0.717, 1.165) is 12.8 Å². The van der Waals surface area contributed by atoms with Crippen molar-refractivity contribution in [1.82, 2.24) is 0 Å². The van der Waals surface area contributed by atoms with Crippen LogP contribution in [0.5, 0.6) is 0 Å². The summed E-state index contributed by atoms with van der Waals surface area (Å²) < 4.78 is 26.7. The van der Waals surface area contributed by atoms with Crippen LogP contribution in [0.4, 0.5) is 8.78 Å². The second kappa shape index (κ2) is 5.05. The summed E-state index contributed by atoms with van der Waals surface area (Å²) >= 11 is 1.71. The molecule has 0 N–H and O–H groups in total. The van der Waals surface area contributed by atoms with Crippen molar-refractivity contribution < 1.29 is 8.78 Å². The molecule has 3 heteroatoms. The second-order valence-corrected chi connectivity index (χ2v) is 4.36. The fraction of sp³-hybridized carbons (Fsp3) is 0.455. The minimum atomic E-state index is -0.474. The third kappa shape index (κ3) is 2.24. The molecule has 0 aromatic heterocycles. The van der Waals surface area contributed by atoms with E-state index in [1.165, 1.54) is 6.07 Å². The van der Waals surface area contributed by atoms with Crippen LogP contribution in [-0.4, -0.2) is 0 Å². The van der Waals surface area contributed by atoms with Gasteiger partial charge in [-0.15, -0.1) is 0 Å². The molecule has 0 spiro atoms. The van der Waals surface area contributed by atoms with Gasteiger partial charge in [-0.3, -0.25) is 0 Å². The van der Waals surface area contributed by atoms with E-state index in [1.54, 1.807) is 28.7 Å². The zero-order valence-corrected chi connectivity index (χ0v) is 10.4. The van der Waals surface area contributed by atoms with Gasteiger partial charge in [0, 0.05) is 0 Å². The van der Waals surface area contributed by atoms with Crippen LogP contribution in [0.25, 0.3) is 0 Å². The maximum absolute atomic E-state index is 13.6. The van der Waals surface area contributed by atoms with Crippen molar-refractivity contribution in [3.63, 3.8) is 0 Å². The first-order chi connectivity index (χ1) is 6.61. The highest BCUT2D eigenvalue weighted by Gasteiger charge is 2.16. The van der Waals surface area contributed by atoms with E-state index in [9.17, 15) is 8.78 Å². The largest absolute Gasteiger partial charge is 0.206 e. The van der Waals surface area contributed by atoms with Gasteiger partial charge in [0.25, 0.3) is 0 Å². The van der Waals surface area contributed by atoms with Crippen molar-refractivity contribution in [3.8, 4) is 0 Å². The van der Waals surface area contributed by atoms with Gasteiger partial charge >= 0.3 is 0 Å². The molecule has 1 aromatic carbocycles. The highest BCUT2D eigenvalue weighted by Crippen LogP contribution is 2.28. The lowest BCUT2D eigenvalue weighted by Gasteiger charge is -2.14. The molecule has 0 amide bonds. The van der Waals surface area contributed by atoms with Crippen LogP contribution in [0.15, 0.2) is 12.1 Å². The van der Waals surface area contributed by atoms with Crippen molar-refractivity contribution in [2.45, 2.75) is 32.6 Å². The monoisotopic (exact) mass is 310 g/mol. The van der Waals surface area contributed by atoms with Crippen LogP contribution in [0, 0.1) is 15.2 Å². The predicted octanol–water partition coefficient (Wildman–Crippen LogP) is 4.47. The van der Waals surface area contributed by atoms with Gasteiger partial charge in [0.05, 0.1) is 3.57 Å². The minimum absolute atomic E-state index is 0.104. The quantitative estimate of drug-likeness (QED) is 0.571. The minimum Gasteiger partial charge on any atom is -0.206 e. The van der Waals surface area contributed by atoms with Crippen molar-refractivity contribution in [2.75, 3.05) is 0 Å². The summed E-state index contributed by atoms with van der Waals surface area (Å²) in [6.45, 7) is 4.04. The van der Waals surface area contributed by atoms with E-state index < -0.39 is 5.82 Å². The summed E-state index contributed by atoms with van der Waals surface area (Å²) in [5.74, 6) is -0.666. The molecule has 14 heavy (non-hydrogen) atoms. The zero-order valence-electron chi connectivity index (χ0n) is 8.28. The standard InChI is InChI=1S/C11H13F2I/c1-3-7(4-2)8-5-6-9(12)11(14)10(8)13/h5-7H,3-4H2,1-2H3. The summed E-state index contributed by atoms with van der Waals surface area (Å²) in [6, 6.07) is 2.91. The van der Waals surface area contributed by atoms with Gasteiger partial charge in [0.15, 0.2) is 0 Å². The van der Waals surface area contributed by atoms with Crippen LogP contribution < -0.4 is 0 Å². The van der Waals surface area contributed by atoms with Gasteiger partial charge in [-0.1, -0.05) is 19.9 Å². The lowest BCUT2D eigenvalue weighted by Crippen LogP contribution is -2.02. The lowest BCUT2D eigenvalue weighted by atomic mass is 9.93. The van der Waals surface area contributed by atoms with Gasteiger partial charge in [-0.2, -0.15) is 0 Å². The average molecular weight is 310 g/mol. The average Bonchev–Trinajstić information content (AvgIpc) is 2.19. The van der Waals surface area contributed by atoms with Crippen molar-refractivity contribution in [3.05, 3.63) is 32.9 Å². The second-order valence-electron chi connectivity index (χ2n) is 3.28. The van der Waals surface area contributed by atoms with Gasteiger partial charge in [0.2, 0.25) is 0 Å². The highest BCUT2D eigenvalue weighted by atomic mass is 127. The van der Waals surface area contributed by atoms with Gasteiger partial charge < -0.3 is 0 Å². The summed E-state index contributed by atoms with van der Waals surface area (Å²) in [4.78, 5) is 0. The Morgan fingerprint density at radius 2 is 1.79 bits per heavy atom. The first-order valence-electron chi connectivity index (χ1n) is 4.75. The van der Waals surface area contributed by atoms with Gasteiger partial charge in [-0.05, 0) is 53.0 Å². The van der Waals surface area contributed by atoms with Crippen LogP contribution in [-0.2, 0) is 0 Å². The normalized spacial score (nSPS) is 11.0. The molecule has 0 unspecified atom stereocenters. The van der Waals surface area contributed by atoms with Crippen molar-refractivity contribution in [1.29, 1.82) is 0 Å². The van der Waals surface area contributed by atoms with Gasteiger partial charge in [-0.25, -0.2) is 8.78 Å². The van der Waals surface area contributed by atoms with Gasteiger partial charge in [0.1, 0.15) is 11.6 Å². The van der Waals surface area contributed by atoms with Crippen LogP contribution in [0.2, 0.25) is 0 Å². The van der Waals surface area contributed by atoms with E-state index in [1.807, 2.05) is 13.8 Å². The SMILES string of the molecule is CCC(CC)c1ccc(F)c(I)c1F. The van der Waals surface area contributed by atoms with E-state index in [4.69, 9.17) is 0 Å². The third-order valence-electron chi connectivity index (χ3n) is 2.49. The molecule has 0 bridgehead atoms. The van der Waals surface area contributed by atoms with E-state index in [-0.39, 0.29) is 15.3 Å². The topological polar surface area (TPSA) is 0 Å². The van der Waals surface area contributed by atoms with Crippen LogP contribution in [0.3, 0.4) is 0 Å². The molecule has 0 radical (unpaired) electrons. The van der Waals surface area contributed by atoms with Crippen molar-refractivity contribution >= 4 is 22.6 Å². The van der Waals surface area contributed by atoms with Crippen LogP contribution >= 0.6 is 22.6 Å². The fourth-order valence-corrected chi connectivity index (χ4v) is 2.08. The summed E-state index contributed by atoms with van der Waals surface area (Å²) in [5, 5.41) is 0. The van der Waals surface area contributed by atoms with E-state index >= 15 is 0 Å². The molecule has 1 aromatic rings. The maximum Gasteiger partial charge on any atom is 0.142 e. The number of rotatable bonds is 3. The summed E-state index contributed by atoms with van der Waals surface area (Å²) in [5.41, 5.74) is 0.640. The Balaban J connectivity index is 3.16. The molecule has 0 aliphatic carbocycles. The Morgan fingerprint density at radius 1 is 1.21 bits per heavy atom. The number of hydrogen-bond acceptors (Lipinski definition) is 0. The van der Waals surface area contributed by atoms with Crippen molar-refractivity contribution in [2.24, 2.45) is 0 Å². The highest BCUT2D eigenvalue weighted by molar-refractivity contribution is 14.1. The van der Waals surface area contributed by atoms with E-state index in [2.05, 4.69) is 0 Å². The number of benzene rings is 1. The Morgan fingerprint density at radius 3 is 2.29 bits per heavy atom. The first-order valence-corrected chi connectivity index (χ1v) is 5.83. The Labute approximate surface area is 96.8 Å². The molecule has 0 saturated heterocycles. The molecule has 0 atom stereocenters. The molecule has 0 aliphatic heterocycles. The lowest BCUT2D eigenvalue weighted by molar-refractivity contribution is 0.530. The molecule has 0 nitrogen and oxygen atoms in total. The predicted molar refractivity (Wildman–Crippen MR) is 62.4 cm³/mol. The zero-order chi connectivity index (χ0) is 10.7. The van der Waals surface area contributed by atoms with Crippen LogP contribution in [0.1, 0.15) is 38.2 Å². The molecule has 0 fully saturated rings. The first kappa shape index (κ1) is 11.9. The molecule has 0 aliphatic rings. The molecule has 78 valence electrons. The Hall–Kier alpha value is -0.190.